The van der Waals surface area contributed by atoms with E-state index in [9.17, 15) is 4.39 Å². The maximum Gasteiger partial charge on any atom is 0.126 e. The third kappa shape index (κ3) is 5.15. The largest absolute Gasteiger partial charge is 0.369 e. The molecule has 0 heterocycles. The number of aryl methyl sites for hydroxylation is 1. The van der Waals surface area contributed by atoms with Gasteiger partial charge in [-0.3, -0.25) is 0 Å². The van der Waals surface area contributed by atoms with Gasteiger partial charge in [-0.05, 0) is 55.9 Å². The van der Waals surface area contributed by atoms with Crippen molar-refractivity contribution in [3.8, 4) is 0 Å². The molecule has 0 bridgehead atoms. The number of rotatable bonds is 6. The van der Waals surface area contributed by atoms with Crippen LogP contribution in [0.3, 0.4) is 0 Å². The van der Waals surface area contributed by atoms with Gasteiger partial charge in [-0.2, -0.15) is 0 Å². The average molecular weight is 279 g/mol. The van der Waals surface area contributed by atoms with Gasteiger partial charge in [-0.15, -0.1) is 0 Å². The lowest BCUT2D eigenvalue weighted by atomic mass is 9.91. The number of nitrogens with zero attached hydrogens (tertiary/aromatic N) is 1. The molecule has 1 rings (SSSR count). The predicted octanol–water partition coefficient (Wildman–Crippen LogP) is 5.57. The van der Waals surface area contributed by atoms with Crippen molar-refractivity contribution in [2.75, 3.05) is 11.4 Å². The summed E-state index contributed by atoms with van der Waals surface area (Å²) in [5.74, 6) is -0.118. The Bertz CT molecular complexity index is 420. The third-order valence-corrected chi connectivity index (χ3v) is 3.81. The van der Waals surface area contributed by atoms with Crippen LogP contribution in [0.1, 0.15) is 59.4 Å². The Morgan fingerprint density at radius 1 is 1.25 bits per heavy atom. The van der Waals surface area contributed by atoms with E-state index >= 15 is 0 Å². The maximum atomic E-state index is 13.5. The zero-order valence-electron chi connectivity index (χ0n) is 14.0. The maximum absolute atomic E-state index is 13.5. The van der Waals surface area contributed by atoms with Gasteiger partial charge < -0.3 is 4.90 Å². The summed E-state index contributed by atoms with van der Waals surface area (Å²) in [6.07, 6.45) is 3.48. The van der Waals surface area contributed by atoms with Crippen molar-refractivity contribution in [1.82, 2.24) is 0 Å². The molecule has 0 N–H and O–H groups in total. The monoisotopic (exact) mass is 279 g/mol. The normalized spacial score (nSPS) is 13.3. The smallest absolute Gasteiger partial charge is 0.126 e. The molecule has 1 unspecified atom stereocenters. The standard InChI is InChI=1S/C18H30FN/c1-7-8-15(3)20(12-11-18(4,5)6)16-9-10-17(19)14(2)13-16/h9-10,13,15H,7-8,11-12H2,1-6H3. The molecule has 2 heteroatoms. The van der Waals surface area contributed by atoms with Crippen LogP contribution < -0.4 is 4.90 Å². The number of hydrogen-bond donors (Lipinski definition) is 0. The molecule has 0 aromatic heterocycles. The molecule has 1 nitrogen and oxygen atoms in total. The average Bonchev–Trinajstić information content (AvgIpc) is 2.32. The molecule has 0 aliphatic heterocycles. The van der Waals surface area contributed by atoms with Gasteiger partial charge in [-0.1, -0.05) is 34.1 Å². The summed E-state index contributed by atoms with van der Waals surface area (Å²) in [6.45, 7) is 14.2. The molecule has 0 radical (unpaired) electrons. The summed E-state index contributed by atoms with van der Waals surface area (Å²) in [6, 6.07) is 5.97. The van der Waals surface area contributed by atoms with Crippen LogP contribution >= 0.6 is 0 Å². The van der Waals surface area contributed by atoms with Gasteiger partial charge in [0, 0.05) is 18.3 Å². The number of benzene rings is 1. The molecule has 0 amide bonds. The van der Waals surface area contributed by atoms with Gasteiger partial charge in [0.25, 0.3) is 0 Å². The fourth-order valence-electron chi connectivity index (χ4n) is 2.44. The first-order chi connectivity index (χ1) is 9.24. The fourth-order valence-corrected chi connectivity index (χ4v) is 2.44. The summed E-state index contributed by atoms with van der Waals surface area (Å²) in [4.78, 5) is 2.43. The highest BCUT2D eigenvalue weighted by Crippen LogP contribution is 2.26. The molecular formula is C18H30FN. The molecule has 1 aromatic rings. The second kappa shape index (κ2) is 7.10. The molecule has 20 heavy (non-hydrogen) atoms. The molecule has 1 atom stereocenters. The summed E-state index contributed by atoms with van der Waals surface area (Å²) >= 11 is 0. The Balaban J connectivity index is 2.93. The van der Waals surface area contributed by atoms with Crippen LogP contribution in [0.25, 0.3) is 0 Å². The molecule has 0 saturated heterocycles. The number of hydrogen-bond acceptors (Lipinski definition) is 1. The molecule has 0 fully saturated rings. The van der Waals surface area contributed by atoms with E-state index in [4.69, 9.17) is 0 Å². The highest BCUT2D eigenvalue weighted by Gasteiger charge is 2.18. The van der Waals surface area contributed by atoms with Crippen LogP contribution in [0.5, 0.6) is 0 Å². The molecule has 0 aliphatic carbocycles. The topological polar surface area (TPSA) is 3.24 Å². The molecular weight excluding hydrogens is 249 g/mol. The summed E-state index contributed by atoms with van der Waals surface area (Å²) < 4.78 is 13.5. The first-order valence-electron chi connectivity index (χ1n) is 7.77. The Labute approximate surface area is 124 Å². The second-order valence-corrected chi connectivity index (χ2v) is 7.08. The van der Waals surface area contributed by atoms with Crippen LogP contribution in [-0.2, 0) is 0 Å². The Kier molecular flexibility index (Phi) is 6.04. The molecule has 0 spiro atoms. The molecule has 0 aliphatic rings. The minimum Gasteiger partial charge on any atom is -0.369 e. The zero-order valence-corrected chi connectivity index (χ0v) is 14.0. The van der Waals surface area contributed by atoms with E-state index in [0.29, 0.717) is 11.5 Å². The van der Waals surface area contributed by atoms with E-state index in [1.165, 1.54) is 12.8 Å². The van der Waals surface area contributed by atoms with Gasteiger partial charge in [0.1, 0.15) is 5.82 Å². The van der Waals surface area contributed by atoms with E-state index in [0.717, 1.165) is 24.2 Å². The minimum atomic E-state index is -0.118. The van der Waals surface area contributed by atoms with Gasteiger partial charge in [-0.25, -0.2) is 4.39 Å². The molecule has 0 saturated carbocycles. The number of halogens is 1. The Morgan fingerprint density at radius 3 is 2.40 bits per heavy atom. The lowest BCUT2D eigenvalue weighted by molar-refractivity contribution is 0.371. The highest BCUT2D eigenvalue weighted by atomic mass is 19.1. The van der Waals surface area contributed by atoms with Crippen molar-refractivity contribution >= 4 is 5.69 Å². The fraction of sp³-hybridized carbons (Fsp3) is 0.667. The van der Waals surface area contributed by atoms with Crippen LogP contribution in [0.4, 0.5) is 10.1 Å². The molecule has 114 valence electrons. The van der Waals surface area contributed by atoms with E-state index in [1.54, 1.807) is 6.07 Å². The van der Waals surface area contributed by atoms with Crippen molar-refractivity contribution in [2.24, 2.45) is 5.41 Å². The van der Waals surface area contributed by atoms with Crippen molar-refractivity contribution in [3.05, 3.63) is 29.6 Å². The van der Waals surface area contributed by atoms with Gasteiger partial charge in [0.05, 0.1) is 0 Å². The van der Waals surface area contributed by atoms with E-state index in [1.807, 2.05) is 19.1 Å². The van der Waals surface area contributed by atoms with Crippen LogP contribution in [0.15, 0.2) is 18.2 Å². The summed E-state index contributed by atoms with van der Waals surface area (Å²) in [5.41, 5.74) is 2.19. The lowest BCUT2D eigenvalue weighted by Gasteiger charge is -2.34. The third-order valence-electron chi connectivity index (χ3n) is 3.81. The first-order valence-corrected chi connectivity index (χ1v) is 7.77. The van der Waals surface area contributed by atoms with E-state index < -0.39 is 0 Å². The summed E-state index contributed by atoms with van der Waals surface area (Å²) in [5, 5.41) is 0. The number of anilines is 1. The van der Waals surface area contributed by atoms with Gasteiger partial charge in [0.2, 0.25) is 0 Å². The van der Waals surface area contributed by atoms with Crippen LogP contribution in [-0.4, -0.2) is 12.6 Å². The Morgan fingerprint density at radius 2 is 1.90 bits per heavy atom. The SMILES string of the molecule is CCCC(C)N(CCC(C)(C)C)c1ccc(F)c(C)c1. The lowest BCUT2D eigenvalue weighted by Crippen LogP contribution is -2.35. The van der Waals surface area contributed by atoms with E-state index in [2.05, 4.69) is 39.5 Å². The van der Waals surface area contributed by atoms with Gasteiger partial charge >= 0.3 is 0 Å². The second-order valence-electron chi connectivity index (χ2n) is 7.08. The quantitative estimate of drug-likeness (QED) is 0.658. The van der Waals surface area contributed by atoms with Crippen molar-refractivity contribution in [1.29, 1.82) is 0 Å². The summed E-state index contributed by atoms with van der Waals surface area (Å²) in [7, 11) is 0. The van der Waals surface area contributed by atoms with Crippen LogP contribution in [0, 0.1) is 18.2 Å². The molecule has 1 aromatic carbocycles. The van der Waals surface area contributed by atoms with Crippen molar-refractivity contribution in [3.63, 3.8) is 0 Å². The Hall–Kier alpha value is -1.05. The minimum absolute atomic E-state index is 0.118. The predicted molar refractivity (Wildman–Crippen MR) is 86.9 cm³/mol. The first kappa shape index (κ1) is 17.0. The van der Waals surface area contributed by atoms with Crippen molar-refractivity contribution in [2.45, 2.75) is 66.8 Å². The van der Waals surface area contributed by atoms with Crippen LogP contribution in [0.2, 0.25) is 0 Å². The highest BCUT2D eigenvalue weighted by molar-refractivity contribution is 5.49. The van der Waals surface area contributed by atoms with Crippen molar-refractivity contribution < 1.29 is 4.39 Å². The van der Waals surface area contributed by atoms with Gasteiger partial charge in [0.15, 0.2) is 0 Å². The zero-order chi connectivity index (χ0) is 15.3. The van der Waals surface area contributed by atoms with E-state index in [-0.39, 0.29) is 5.82 Å².